The van der Waals surface area contributed by atoms with Crippen LogP contribution in [0.5, 0.6) is 5.75 Å². The third kappa shape index (κ3) is 4.67. The van der Waals surface area contributed by atoms with Gasteiger partial charge in [-0.15, -0.1) is 5.34 Å². The molecule has 0 aliphatic rings. The highest BCUT2D eigenvalue weighted by atomic mass is 16.9. The summed E-state index contributed by atoms with van der Waals surface area (Å²) in [6.45, 7) is 0.0317. The zero-order valence-electron chi connectivity index (χ0n) is 7.70. The molecular formula is C7H10N4O4-2. The van der Waals surface area contributed by atoms with Crippen LogP contribution in [0, 0.1) is 10.4 Å². The maximum Gasteiger partial charge on any atom is 0.148 e. The lowest BCUT2D eigenvalue weighted by Crippen LogP contribution is -2.27. The standard InChI is InChI=1S/C7H10N4O4/c8-10(12)14-5-6-1-3-7(4-2-6)15-11(9)13/h1-4H,5,8-9H2/q-2. The summed E-state index contributed by atoms with van der Waals surface area (Å²) in [5.41, 5.74) is 0.697. The van der Waals surface area contributed by atoms with Crippen molar-refractivity contribution in [3.05, 3.63) is 40.2 Å². The average molecular weight is 214 g/mol. The van der Waals surface area contributed by atoms with Crippen LogP contribution in [-0.4, -0.2) is 10.7 Å². The predicted molar refractivity (Wildman–Crippen MR) is 50.6 cm³/mol. The summed E-state index contributed by atoms with van der Waals surface area (Å²) in [4.78, 5) is 8.98. The minimum Gasteiger partial charge on any atom is -0.748 e. The SMILES string of the molecule is NN([O-])OCc1ccc(ON(N)[O-])cc1. The van der Waals surface area contributed by atoms with E-state index in [1.807, 2.05) is 0 Å². The highest BCUT2D eigenvalue weighted by Gasteiger charge is 1.96. The Labute approximate surface area is 85.6 Å². The van der Waals surface area contributed by atoms with Crippen molar-refractivity contribution in [1.29, 1.82) is 0 Å². The number of hydrogen-bond donors (Lipinski definition) is 2. The van der Waals surface area contributed by atoms with Crippen LogP contribution in [0.3, 0.4) is 0 Å². The number of rotatable bonds is 5. The molecule has 0 saturated carbocycles. The Morgan fingerprint density at radius 1 is 1.07 bits per heavy atom. The van der Waals surface area contributed by atoms with E-state index in [-0.39, 0.29) is 23.0 Å². The first-order valence-corrected chi connectivity index (χ1v) is 3.91. The second-order valence-corrected chi connectivity index (χ2v) is 2.58. The van der Waals surface area contributed by atoms with Crippen LogP contribution in [0.25, 0.3) is 0 Å². The van der Waals surface area contributed by atoms with E-state index in [0.717, 1.165) is 0 Å². The van der Waals surface area contributed by atoms with Crippen LogP contribution in [0.1, 0.15) is 5.56 Å². The highest BCUT2D eigenvalue weighted by Crippen LogP contribution is 2.13. The monoisotopic (exact) mass is 214 g/mol. The van der Waals surface area contributed by atoms with Crippen molar-refractivity contribution >= 4 is 0 Å². The van der Waals surface area contributed by atoms with Crippen molar-refractivity contribution in [2.75, 3.05) is 0 Å². The summed E-state index contributed by atoms with van der Waals surface area (Å²) in [7, 11) is 0. The topological polar surface area (TPSA) is 123 Å². The first kappa shape index (κ1) is 11.8. The van der Waals surface area contributed by atoms with Gasteiger partial charge in [-0.1, -0.05) is 12.1 Å². The zero-order valence-corrected chi connectivity index (χ0v) is 7.70. The summed E-state index contributed by atoms with van der Waals surface area (Å²) in [5.74, 6) is 9.71. The molecule has 15 heavy (non-hydrogen) atoms. The van der Waals surface area contributed by atoms with E-state index in [9.17, 15) is 10.4 Å². The lowest BCUT2D eigenvalue weighted by molar-refractivity contribution is -0.134. The van der Waals surface area contributed by atoms with Gasteiger partial charge in [0.2, 0.25) is 0 Å². The largest absolute Gasteiger partial charge is 0.748 e. The molecule has 0 unspecified atom stereocenters. The van der Waals surface area contributed by atoms with E-state index in [4.69, 9.17) is 11.7 Å². The molecule has 0 bridgehead atoms. The summed E-state index contributed by atoms with van der Waals surface area (Å²) in [6.07, 6.45) is 0. The number of hydrogen-bond acceptors (Lipinski definition) is 8. The average Bonchev–Trinajstić information content (AvgIpc) is 2.16. The fourth-order valence-electron chi connectivity index (χ4n) is 0.889. The van der Waals surface area contributed by atoms with Crippen LogP contribution in [-0.2, 0) is 11.4 Å². The van der Waals surface area contributed by atoms with Gasteiger partial charge in [-0.05, 0) is 17.7 Å². The van der Waals surface area contributed by atoms with Crippen molar-refractivity contribution < 1.29 is 9.68 Å². The van der Waals surface area contributed by atoms with E-state index in [0.29, 0.717) is 5.56 Å². The second-order valence-electron chi connectivity index (χ2n) is 2.58. The van der Waals surface area contributed by atoms with Crippen LogP contribution in [0.2, 0.25) is 0 Å². The molecular weight excluding hydrogens is 204 g/mol. The van der Waals surface area contributed by atoms with Gasteiger partial charge in [-0.25, -0.2) is 5.84 Å². The first-order valence-electron chi connectivity index (χ1n) is 3.91. The maximum absolute atomic E-state index is 10.3. The lowest BCUT2D eigenvalue weighted by atomic mass is 10.2. The molecule has 0 radical (unpaired) electrons. The third-order valence-electron chi connectivity index (χ3n) is 1.48. The van der Waals surface area contributed by atoms with Gasteiger partial charge in [0.25, 0.3) is 0 Å². The van der Waals surface area contributed by atoms with E-state index >= 15 is 0 Å². The van der Waals surface area contributed by atoms with E-state index in [1.54, 1.807) is 12.1 Å². The summed E-state index contributed by atoms with van der Waals surface area (Å²) < 4.78 is 0. The molecule has 1 aromatic rings. The number of nitrogens with two attached hydrogens (primary N) is 2. The van der Waals surface area contributed by atoms with Crippen LogP contribution < -0.4 is 16.5 Å². The molecule has 84 valence electrons. The van der Waals surface area contributed by atoms with Crippen LogP contribution >= 0.6 is 0 Å². The lowest BCUT2D eigenvalue weighted by Gasteiger charge is -2.21. The summed E-state index contributed by atoms with van der Waals surface area (Å²) >= 11 is 0. The van der Waals surface area contributed by atoms with Gasteiger partial charge >= 0.3 is 0 Å². The highest BCUT2D eigenvalue weighted by molar-refractivity contribution is 5.26. The van der Waals surface area contributed by atoms with Crippen molar-refractivity contribution in [2.24, 2.45) is 11.7 Å². The molecule has 0 spiro atoms. The summed E-state index contributed by atoms with van der Waals surface area (Å²) in [5, 5.41) is 20.2. The zero-order chi connectivity index (χ0) is 11.3. The van der Waals surface area contributed by atoms with Gasteiger partial charge < -0.3 is 15.3 Å². The van der Waals surface area contributed by atoms with Crippen molar-refractivity contribution in [2.45, 2.75) is 6.61 Å². The minimum absolute atomic E-state index is 0.0317. The Kier molecular flexibility index (Phi) is 4.39. The van der Waals surface area contributed by atoms with Gasteiger partial charge in [0.15, 0.2) is 0 Å². The van der Waals surface area contributed by atoms with Gasteiger partial charge in [0.1, 0.15) is 5.75 Å². The Balaban J connectivity index is 2.49. The second kappa shape index (κ2) is 5.58. The number of nitrogens with zero attached hydrogens (tertiary/aromatic N) is 2. The predicted octanol–water partition coefficient (Wildman–Crippen LogP) is -0.241. The molecule has 1 rings (SSSR count). The Morgan fingerprint density at radius 2 is 1.67 bits per heavy atom. The fourth-order valence-corrected chi connectivity index (χ4v) is 0.889. The Hall–Kier alpha value is -1.26. The van der Waals surface area contributed by atoms with E-state index < -0.39 is 0 Å². The normalized spacial score (nSPS) is 11.1. The number of hydrazine groups is 2. The molecule has 8 heteroatoms. The van der Waals surface area contributed by atoms with E-state index in [1.165, 1.54) is 12.1 Å². The molecule has 8 nitrogen and oxygen atoms in total. The fraction of sp³-hybridized carbons (Fsp3) is 0.143. The van der Waals surface area contributed by atoms with E-state index in [2.05, 4.69) is 9.68 Å². The first-order chi connectivity index (χ1) is 7.08. The summed E-state index contributed by atoms with van der Waals surface area (Å²) in [6, 6.07) is 6.20. The van der Waals surface area contributed by atoms with Gasteiger partial charge in [-0.2, -0.15) is 5.34 Å². The molecule has 0 fully saturated rings. The van der Waals surface area contributed by atoms with Gasteiger partial charge in [-0.3, -0.25) is 10.7 Å². The smallest absolute Gasteiger partial charge is 0.148 e. The molecule has 0 heterocycles. The van der Waals surface area contributed by atoms with Crippen molar-refractivity contribution in [3.63, 3.8) is 0 Å². The van der Waals surface area contributed by atoms with Crippen molar-refractivity contribution in [1.82, 2.24) is 10.7 Å². The Bertz CT molecular complexity index is 290. The van der Waals surface area contributed by atoms with Gasteiger partial charge in [0.05, 0.1) is 6.61 Å². The molecule has 0 atom stereocenters. The number of benzene rings is 1. The quantitative estimate of drug-likeness (QED) is 0.508. The molecule has 0 aliphatic heterocycles. The molecule has 0 aliphatic carbocycles. The van der Waals surface area contributed by atoms with Crippen LogP contribution in [0.4, 0.5) is 0 Å². The molecule has 0 amide bonds. The Morgan fingerprint density at radius 3 is 2.13 bits per heavy atom. The molecule has 4 N–H and O–H groups in total. The molecule has 1 aromatic carbocycles. The van der Waals surface area contributed by atoms with Crippen LogP contribution in [0.15, 0.2) is 24.3 Å². The maximum atomic E-state index is 10.3. The third-order valence-corrected chi connectivity index (χ3v) is 1.48. The molecule has 0 aromatic heterocycles. The van der Waals surface area contributed by atoms with Crippen molar-refractivity contribution in [3.8, 4) is 5.75 Å². The van der Waals surface area contributed by atoms with Gasteiger partial charge in [0, 0.05) is 0 Å². The molecule has 0 saturated heterocycles. The minimum atomic E-state index is -0.162.